The number of benzene rings is 3. The number of amides is 5. The minimum Gasteiger partial charge on any atom is -0.355 e. The van der Waals surface area contributed by atoms with Crippen molar-refractivity contribution < 1.29 is 41.6 Å². The molecule has 2 heterocycles. The molecule has 5 rings (SSSR count). The number of allylic oxidation sites excluding steroid dienone is 5. The molecule has 3 aromatic rings. The first kappa shape index (κ1) is 36.9. The lowest BCUT2D eigenvalue weighted by Gasteiger charge is -2.33. The highest BCUT2D eigenvalue weighted by molar-refractivity contribution is 14.1. The van der Waals surface area contributed by atoms with E-state index in [4.69, 9.17) is 0 Å². The highest BCUT2D eigenvalue weighted by Gasteiger charge is 2.44. The first-order valence-electron chi connectivity index (χ1n) is 15.2. The fourth-order valence-electron chi connectivity index (χ4n) is 5.76. The molecule has 1 saturated heterocycles. The van der Waals surface area contributed by atoms with E-state index in [1.807, 2.05) is 41.3 Å². The second-order valence-corrected chi connectivity index (χ2v) is 14.1. The van der Waals surface area contributed by atoms with Gasteiger partial charge in [0.15, 0.2) is 0 Å². The van der Waals surface area contributed by atoms with Crippen LogP contribution < -0.4 is 20.0 Å². The van der Waals surface area contributed by atoms with Crippen molar-refractivity contribution in [3.05, 3.63) is 120 Å². The molecular formula is C35H33F2IN4O7S. The molecule has 0 bridgehead atoms. The van der Waals surface area contributed by atoms with E-state index in [9.17, 15) is 41.6 Å². The van der Waals surface area contributed by atoms with Gasteiger partial charge >= 0.3 is 6.03 Å². The maximum absolute atomic E-state index is 13.7. The molecule has 0 atom stereocenters. The van der Waals surface area contributed by atoms with E-state index in [1.165, 1.54) is 48.6 Å². The number of nitrogens with zero attached hydrogens (tertiary/aromatic N) is 3. The van der Waals surface area contributed by atoms with Crippen molar-refractivity contribution in [3.63, 3.8) is 0 Å². The molecule has 0 aromatic heterocycles. The lowest BCUT2D eigenvalue weighted by molar-refractivity contribution is -0.121. The maximum Gasteiger partial charge on any atom is 0.343 e. The third-order valence-electron chi connectivity index (χ3n) is 8.23. The Kier molecular flexibility index (Phi) is 10.9. The number of carbonyl (C=O) groups is 4. The van der Waals surface area contributed by atoms with Crippen LogP contribution in [0.5, 0.6) is 0 Å². The zero-order valence-electron chi connectivity index (χ0n) is 26.8. The lowest BCUT2D eigenvalue weighted by Crippen LogP contribution is -2.57. The summed E-state index contributed by atoms with van der Waals surface area (Å²) in [5, 5.41) is 2.84. The van der Waals surface area contributed by atoms with Gasteiger partial charge < -0.3 is 23.9 Å². The molecule has 15 heteroatoms. The van der Waals surface area contributed by atoms with Gasteiger partial charge in [-0.25, -0.2) is 23.4 Å². The van der Waals surface area contributed by atoms with Crippen LogP contribution in [0.1, 0.15) is 25.8 Å². The number of rotatable bonds is 10. The highest BCUT2D eigenvalue weighted by Crippen LogP contribution is 2.52. The Bertz CT molecular complexity index is 1860. The van der Waals surface area contributed by atoms with Crippen molar-refractivity contribution >= 4 is 74.3 Å². The number of urea groups is 1. The van der Waals surface area contributed by atoms with Gasteiger partial charge in [0.2, 0.25) is 5.91 Å². The van der Waals surface area contributed by atoms with Gasteiger partial charge in [-0.3, -0.25) is 14.4 Å². The fourth-order valence-corrected chi connectivity index (χ4v) is 6.56. The molecule has 2 aliphatic rings. The first-order chi connectivity index (χ1) is 23.6. The Hall–Kier alpha value is -4.42. The number of halogens is 3. The van der Waals surface area contributed by atoms with Gasteiger partial charge in [0.25, 0.3) is 11.8 Å². The summed E-state index contributed by atoms with van der Waals surface area (Å²) < 4.78 is 57.5. The number of carbonyl (C=O) groups excluding carboxylic acids is 4. The lowest BCUT2D eigenvalue weighted by atomic mass is 9.83. The van der Waals surface area contributed by atoms with Crippen LogP contribution in [0.25, 0.3) is 0 Å². The number of alkyl halides is 1. The Labute approximate surface area is 302 Å². The highest BCUT2D eigenvalue weighted by atomic mass is 127. The monoisotopic (exact) mass is 818 g/mol. The molecule has 4 N–H and O–H groups in total. The Morgan fingerprint density at radius 3 is 1.92 bits per heavy atom. The zero-order chi connectivity index (χ0) is 36.4. The van der Waals surface area contributed by atoms with Crippen LogP contribution in [0.2, 0.25) is 0 Å². The number of hydrogen-bond donors (Lipinski definition) is 4. The summed E-state index contributed by atoms with van der Waals surface area (Å²) in [7, 11) is -3.99. The third-order valence-corrected chi connectivity index (χ3v) is 9.81. The minimum absolute atomic E-state index is 0.0210. The molecule has 0 saturated carbocycles. The zero-order valence-corrected chi connectivity index (χ0v) is 29.8. The fraction of sp³-hybridized carbons (Fsp3) is 0.200. The normalized spacial score (nSPS) is 17.2. The van der Waals surface area contributed by atoms with Crippen LogP contribution in [-0.2, 0) is 19.8 Å². The molecule has 2 aliphatic heterocycles. The predicted octanol–water partition coefficient (Wildman–Crippen LogP) is 7.15. The van der Waals surface area contributed by atoms with Crippen LogP contribution in [0.15, 0.2) is 107 Å². The van der Waals surface area contributed by atoms with E-state index < -0.39 is 45.8 Å². The van der Waals surface area contributed by atoms with Crippen LogP contribution >= 0.6 is 33.5 Å². The summed E-state index contributed by atoms with van der Waals surface area (Å²) in [5.74, 6) is -3.17. The second kappa shape index (κ2) is 14.8. The van der Waals surface area contributed by atoms with Crippen molar-refractivity contribution in [2.24, 2.45) is 0 Å². The molecule has 0 spiro atoms. The number of barbiturate groups is 1. The summed E-state index contributed by atoms with van der Waals surface area (Å²) in [5.41, 5.74) is 1.15. The minimum atomic E-state index is -3.99. The second-order valence-electron chi connectivity index (χ2n) is 11.8. The first-order valence-corrected chi connectivity index (χ1v) is 18.3. The van der Waals surface area contributed by atoms with Crippen LogP contribution in [-0.4, -0.2) is 54.9 Å². The van der Waals surface area contributed by atoms with E-state index in [0.717, 1.165) is 45.4 Å². The van der Waals surface area contributed by atoms with Gasteiger partial charge in [0.1, 0.15) is 28.1 Å². The largest absolute Gasteiger partial charge is 0.355 e. The third kappa shape index (κ3) is 7.51. The SMILES string of the molecule is CC1(C)/C(=C\C=C\C=C2C(=O)N(c3ccc(F)cc3)C(=O)N(c3ccc(F)cc3)C2=O)N(CCCNC(=O)CI)c2ccc(S(O)(O)O)cc21. The van der Waals surface area contributed by atoms with E-state index in [1.54, 1.807) is 18.2 Å². The molecule has 262 valence electrons. The van der Waals surface area contributed by atoms with Crippen molar-refractivity contribution in [3.8, 4) is 0 Å². The number of nitrogens with one attached hydrogen (secondary N) is 1. The van der Waals surface area contributed by atoms with Crippen LogP contribution in [0.4, 0.5) is 30.6 Å². The molecule has 3 aromatic carbocycles. The van der Waals surface area contributed by atoms with Gasteiger partial charge in [-0.15, -0.1) is 0 Å². The summed E-state index contributed by atoms with van der Waals surface area (Å²) in [6.45, 7) is 4.70. The topological polar surface area (TPSA) is 151 Å². The van der Waals surface area contributed by atoms with E-state index in [2.05, 4.69) is 5.32 Å². The maximum atomic E-state index is 13.7. The Morgan fingerprint density at radius 1 is 0.860 bits per heavy atom. The van der Waals surface area contributed by atoms with E-state index in [-0.39, 0.29) is 27.8 Å². The molecule has 11 nitrogen and oxygen atoms in total. The van der Waals surface area contributed by atoms with Crippen molar-refractivity contribution in [2.75, 3.05) is 32.2 Å². The standard InChI is InChI=1S/C35H33F2IN4O7S/c1-35(2)28-20-26(50(47,48)49)16-17-29(28)40(19-5-18-39-31(43)21-38)30(35)7-4-3-6-27-32(44)41(24-12-8-22(36)9-13-24)34(46)42(33(27)45)25-14-10-23(37)11-15-25/h3-4,6-17,20,47-49H,5,18-19,21H2,1-2H3,(H,39,43)/b4-3+,30-7+. The Balaban J connectivity index is 1.51. The smallest absolute Gasteiger partial charge is 0.343 e. The molecular weight excluding hydrogens is 785 g/mol. The summed E-state index contributed by atoms with van der Waals surface area (Å²) in [6, 6.07) is 12.8. The average molecular weight is 819 g/mol. The molecule has 0 unspecified atom stereocenters. The summed E-state index contributed by atoms with van der Waals surface area (Å²) in [6.07, 6.45) is 6.63. The van der Waals surface area contributed by atoms with Gasteiger partial charge in [-0.05, 0) is 90.9 Å². The molecule has 1 fully saturated rings. The molecule has 0 radical (unpaired) electrons. The van der Waals surface area contributed by atoms with Gasteiger partial charge in [0, 0.05) is 29.9 Å². The molecule has 50 heavy (non-hydrogen) atoms. The number of hydrogen-bond acceptors (Lipinski definition) is 8. The van der Waals surface area contributed by atoms with Gasteiger partial charge in [-0.2, -0.15) is 0 Å². The summed E-state index contributed by atoms with van der Waals surface area (Å²) in [4.78, 5) is 56.0. The predicted molar refractivity (Wildman–Crippen MR) is 196 cm³/mol. The summed E-state index contributed by atoms with van der Waals surface area (Å²) >= 11 is 1.97. The van der Waals surface area contributed by atoms with E-state index >= 15 is 0 Å². The van der Waals surface area contributed by atoms with Crippen molar-refractivity contribution in [1.82, 2.24) is 5.32 Å². The number of imide groups is 2. The molecule has 0 aliphatic carbocycles. The van der Waals surface area contributed by atoms with Crippen LogP contribution in [0, 0.1) is 11.6 Å². The van der Waals surface area contributed by atoms with Crippen molar-refractivity contribution in [2.45, 2.75) is 30.6 Å². The number of fused-ring (bicyclic) bond motifs is 1. The average Bonchev–Trinajstić information content (AvgIpc) is 3.28. The van der Waals surface area contributed by atoms with Crippen molar-refractivity contribution in [1.29, 1.82) is 0 Å². The van der Waals surface area contributed by atoms with E-state index in [0.29, 0.717) is 29.5 Å². The van der Waals surface area contributed by atoms with Crippen LogP contribution in [0.3, 0.4) is 0 Å². The number of anilines is 3. The molecule has 5 amide bonds. The quantitative estimate of drug-likeness (QED) is 0.0554. The van der Waals surface area contributed by atoms with Gasteiger partial charge in [-0.1, -0.05) is 48.6 Å². The van der Waals surface area contributed by atoms with Gasteiger partial charge in [0.05, 0.1) is 20.7 Å². The Morgan fingerprint density at radius 2 is 1.40 bits per heavy atom.